The summed E-state index contributed by atoms with van der Waals surface area (Å²) in [5.74, 6) is 0.624. The van der Waals surface area contributed by atoms with Crippen molar-refractivity contribution in [1.29, 1.82) is 0 Å². The van der Waals surface area contributed by atoms with E-state index >= 15 is 0 Å². The fraction of sp³-hybridized carbons (Fsp3) is 0.462. The third-order valence-electron chi connectivity index (χ3n) is 2.53. The Bertz CT molecular complexity index is 457. The summed E-state index contributed by atoms with van der Waals surface area (Å²) in [6.07, 6.45) is 2.10. The molecule has 1 N–H and O–H groups in total. The molecule has 0 bridgehead atoms. The second-order valence-corrected chi connectivity index (χ2v) is 5.71. The molecule has 0 aromatic carbocycles. The summed E-state index contributed by atoms with van der Waals surface area (Å²) < 4.78 is 2.02. The molecule has 0 unspecified atom stereocenters. The van der Waals surface area contributed by atoms with Crippen LogP contribution in [0.5, 0.6) is 0 Å². The zero-order chi connectivity index (χ0) is 12.3. The highest BCUT2D eigenvalue weighted by Gasteiger charge is 2.05. The summed E-state index contributed by atoms with van der Waals surface area (Å²) in [5, 5.41) is 10.0. The van der Waals surface area contributed by atoms with Crippen LogP contribution in [0.1, 0.15) is 24.4 Å². The molecule has 0 aliphatic carbocycles. The minimum atomic E-state index is 0.624. The van der Waals surface area contributed by atoms with Gasteiger partial charge in [0.05, 0.1) is 11.4 Å². The number of anilines is 1. The number of hydrogen-bond acceptors (Lipinski definition) is 3. The van der Waals surface area contributed by atoms with Gasteiger partial charge in [0.2, 0.25) is 0 Å². The molecule has 0 saturated heterocycles. The molecule has 0 fully saturated rings. The van der Waals surface area contributed by atoms with E-state index in [4.69, 9.17) is 0 Å². The lowest BCUT2D eigenvalue weighted by molar-refractivity contribution is 0.481. The van der Waals surface area contributed by atoms with Crippen LogP contribution in [-0.2, 0) is 13.1 Å². The third-order valence-corrected chi connectivity index (χ3v) is 3.41. The standard InChI is InChI=1S/C13H19N3S/c1-10(2)8-16-9-13(11(3)15-16)14-7-12-5-4-6-17-12/h4-6,9-10,14H,7-8H2,1-3H3. The van der Waals surface area contributed by atoms with E-state index in [0.29, 0.717) is 5.92 Å². The van der Waals surface area contributed by atoms with Gasteiger partial charge in [0.25, 0.3) is 0 Å². The molecule has 0 spiro atoms. The molecule has 3 nitrogen and oxygen atoms in total. The number of nitrogens with zero attached hydrogens (tertiary/aromatic N) is 2. The Hall–Kier alpha value is -1.29. The second-order valence-electron chi connectivity index (χ2n) is 4.68. The molecule has 0 saturated carbocycles. The summed E-state index contributed by atoms with van der Waals surface area (Å²) in [5.41, 5.74) is 2.21. The molecule has 17 heavy (non-hydrogen) atoms. The van der Waals surface area contributed by atoms with Crippen LogP contribution >= 0.6 is 11.3 Å². The van der Waals surface area contributed by atoms with E-state index in [1.165, 1.54) is 4.88 Å². The van der Waals surface area contributed by atoms with Gasteiger partial charge in [-0.3, -0.25) is 4.68 Å². The number of aryl methyl sites for hydroxylation is 1. The first kappa shape index (κ1) is 12.2. The van der Waals surface area contributed by atoms with Gasteiger partial charge in [-0.15, -0.1) is 11.3 Å². The zero-order valence-corrected chi connectivity index (χ0v) is 11.4. The van der Waals surface area contributed by atoms with Crippen molar-refractivity contribution >= 4 is 17.0 Å². The van der Waals surface area contributed by atoms with Crippen molar-refractivity contribution in [3.63, 3.8) is 0 Å². The fourth-order valence-corrected chi connectivity index (χ4v) is 2.40. The lowest BCUT2D eigenvalue weighted by atomic mass is 10.2. The molecule has 2 heterocycles. The Morgan fingerprint density at radius 1 is 1.47 bits per heavy atom. The summed E-state index contributed by atoms with van der Waals surface area (Å²) in [6, 6.07) is 4.22. The highest BCUT2D eigenvalue weighted by Crippen LogP contribution is 2.16. The highest BCUT2D eigenvalue weighted by atomic mass is 32.1. The van der Waals surface area contributed by atoms with Crippen molar-refractivity contribution in [2.75, 3.05) is 5.32 Å². The number of thiophene rings is 1. The van der Waals surface area contributed by atoms with Crippen molar-refractivity contribution in [3.8, 4) is 0 Å². The Morgan fingerprint density at radius 3 is 2.94 bits per heavy atom. The maximum atomic E-state index is 4.51. The fourth-order valence-electron chi connectivity index (χ4n) is 1.75. The summed E-state index contributed by atoms with van der Waals surface area (Å²) in [7, 11) is 0. The summed E-state index contributed by atoms with van der Waals surface area (Å²) >= 11 is 1.78. The quantitative estimate of drug-likeness (QED) is 0.878. The second kappa shape index (κ2) is 5.36. The molecule has 2 aromatic rings. The zero-order valence-electron chi connectivity index (χ0n) is 10.6. The molecule has 4 heteroatoms. The van der Waals surface area contributed by atoms with Crippen molar-refractivity contribution in [1.82, 2.24) is 9.78 Å². The Kier molecular flexibility index (Phi) is 3.84. The maximum absolute atomic E-state index is 4.51. The molecule has 0 atom stereocenters. The predicted molar refractivity (Wildman–Crippen MR) is 73.4 cm³/mol. The van der Waals surface area contributed by atoms with Gasteiger partial charge >= 0.3 is 0 Å². The van der Waals surface area contributed by atoms with E-state index in [-0.39, 0.29) is 0 Å². The van der Waals surface area contributed by atoms with Crippen LogP contribution in [0.25, 0.3) is 0 Å². The van der Waals surface area contributed by atoms with Crippen LogP contribution in [-0.4, -0.2) is 9.78 Å². The minimum absolute atomic E-state index is 0.624. The molecule has 0 aliphatic rings. The van der Waals surface area contributed by atoms with Gasteiger partial charge in [-0.2, -0.15) is 5.10 Å². The molecular weight excluding hydrogens is 230 g/mol. The van der Waals surface area contributed by atoms with E-state index in [2.05, 4.69) is 48.0 Å². The lowest BCUT2D eigenvalue weighted by Gasteiger charge is -2.03. The van der Waals surface area contributed by atoms with Crippen LogP contribution in [0.3, 0.4) is 0 Å². The van der Waals surface area contributed by atoms with E-state index in [9.17, 15) is 0 Å². The van der Waals surface area contributed by atoms with Gasteiger partial charge in [-0.1, -0.05) is 19.9 Å². The van der Waals surface area contributed by atoms with Gasteiger partial charge in [0.1, 0.15) is 0 Å². The number of aromatic nitrogens is 2. The number of nitrogens with one attached hydrogen (secondary N) is 1. The van der Waals surface area contributed by atoms with E-state index in [0.717, 1.165) is 24.5 Å². The first-order valence-electron chi connectivity index (χ1n) is 5.95. The topological polar surface area (TPSA) is 29.9 Å². The number of rotatable bonds is 5. The average molecular weight is 249 g/mol. The maximum Gasteiger partial charge on any atom is 0.0825 e. The Labute approximate surface area is 106 Å². The monoisotopic (exact) mass is 249 g/mol. The highest BCUT2D eigenvalue weighted by molar-refractivity contribution is 7.09. The van der Waals surface area contributed by atoms with Crippen LogP contribution in [0.2, 0.25) is 0 Å². The van der Waals surface area contributed by atoms with Crippen molar-refractivity contribution in [2.24, 2.45) is 5.92 Å². The first-order chi connectivity index (χ1) is 8.15. The lowest BCUT2D eigenvalue weighted by Crippen LogP contribution is -2.04. The third kappa shape index (κ3) is 3.33. The van der Waals surface area contributed by atoms with Crippen molar-refractivity contribution in [3.05, 3.63) is 34.3 Å². The normalized spacial score (nSPS) is 11.1. The minimum Gasteiger partial charge on any atom is -0.377 e. The SMILES string of the molecule is Cc1nn(CC(C)C)cc1NCc1cccs1. The van der Waals surface area contributed by atoms with Crippen LogP contribution in [0, 0.1) is 12.8 Å². The van der Waals surface area contributed by atoms with E-state index in [1.54, 1.807) is 11.3 Å². The average Bonchev–Trinajstić information content (AvgIpc) is 2.84. The molecule has 2 aromatic heterocycles. The molecule has 2 rings (SSSR count). The molecule has 0 aliphatic heterocycles. The molecule has 0 amide bonds. The molecule has 0 radical (unpaired) electrons. The largest absolute Gasteiger partial charge is 0.377 e. The smallest absolute Gasteiger partial charge is 0.0825 e. The number of hydrogen-bond donors (Lipinski definition) is 1. The van der Waals surface area contributed by atoms with Crippen molar-refractivity contribution < 1.29 is 0 Å². The van der Waals surface area contributed by atoms with Gasteiger partial charge < -0.3 is 5.32 Å². The van der Waals surface area contributed by atoms with Gasteiger partial charge in [-0.25, -0.2) is 0 Å². The molecular formula is C13H19N3S. The van der Waals surface area contributed by atoms with E-state index in [1.807, 2.05) is 11.6 Å². The van der Waals surface area contributed by atoms with Gasteiger partial charge in [-0.05, 0) is 24.3 Å². The molecule has 92 valence electrons. The van der Waals surface area contributed by atoms with Crippen LogP contribution in [0.15, 0.2) is 23.7 Å². The summed E-state index contributed by atoms with van der Waals surface area (Å²) in [6.45, 7) is 8.31. The summed E-state index contributed by atoms with van der Waals surface area (Å²) in [4.78, 5) is 1.35. The van der Waals surface area contributed by atoms with E-state index < -0.39 is 0 Å². The van der Waals surface area contributed by atoms with Gasteiger partial charge in [0.15, 0.2) is 0 Å². The van der Waals surface area contributed by atoms with Crippen molar-refractivity contribution in [2.45, 2.75) is 33.9 Å². The predicted octanol–water partition coefficient (Wildman–Crippen LogP) is 3.52. The van der Waals surface area contributed by atoms with Crippen LogP contribution in [0.4, 0.5) is 5.69 Å². The first-order valence-corrected chi connectivity index (χ1v) is 6.83. The Morgan fingerprint density at radius 2 is 2.29 bits per heavy atom. The van der Waals surface area contributed by atoms with Gasteiger partial charge in [0, 0.05) is 24.2 Å². The Balaban J connectivity index is 1.98. The van der Waals surface area contributed by atoms with Crippen LogP contribution < -0.4 is 5.32 Å².